The Labute approximate surface area is 120 Å². The summed E-state index contributed by atoms with van der Waals surface area (Å²) in [6.45, 7) is 6.63. The minimum atomic E-state index is -0.491. The van der Waals surface area contributed by atoms with E-state index in [4.69, 9.17) is 9.47 Å². The van der Waals surface area contributed by atoms with Crippen molar-refractivity contribution in [1.82, 2.24) is 10.2 Å². The summed E-state index contributed by atoms with van der Waals surface area (Å²) in [5.74, 6) is -0.367. The molecule has 0 unspecified atom stereocenters. The van der Waals surface area contributed by atoms with Crippen molar-refractivity contribution in [3.63, 3.8) is 0 Å². The Kier molecular flexibility index (Phi) is 5.42. The number of nitrogens with one attached hydrogen (secondary N) is 1. The van der Waals surface area contributed by atoms with Crippen LogP contribution in [-0.2, 0) is 14.3 Å². The predicted octanol–water partition coefficient (Wildman–Crippen LogP) is 1.66. The smallest absolute Gasteiger partial charge is 0.410 e. The van der Waals surface area contributed by atoms with Crippen molar-refractivity contribution in [2.75, 3.05) is 27.2 Å². The van der Waals surface area contributed by atoms with Gasteiger partial charge in [0, 0.05) is 20.1 Å². The number of piperidine rings is 1. The second-order valence-electron chi connectivity index (χ2n) is 5.69. The molecule has 1 fully saturated rings. The summed E-state index contributed by atoms with van der Waals surface area (Å²) in [5, 5.41) is 2.88. The molecule has 1 aliphatic rings. The van der Waals surface area contributed by atoms with Crippen LogP contribution in [0.3, 0.4) is 0 Å². The van der Waals surface area contributed by atoms with Gasteiger partial charge in [-0.2, -0.15) is 0 Å². The number of nitrogens with zero attached hydrogens (tertiary/aromatic N) is 1. The summed E-state index contributed by atoms with van der Waals surface area (Å²) in [7, 11) is 3.05. The highest BCUT2D eigenvalue weighted by molar-refractivity contribution is 5.88. The molecular formula is C14H24N2O4. The molecule has 0 aromatic heterocycles. The molecule has 1 rings (SSSR count). The molecule has 1 aliphatic heterocycles. The fourth-order valence-corrected chi connectivity index (χ4v) is 2.06. The molecule has 0 aromatic carbocycles. The Morgan fingerprint density at radius 2 is 1.75 bits per heavy atom. The zero-order chi connectivity index (χ0) is 15.3. The Bertz CT molecular complexity index is 400. The normalized spacial score (nSPS) is 15.7. The molecule has 20 heavy (non-hydrogen) atoms. The van der Waals surface area contributed by atoms with E-state index in [1.807, 2.05) is 20.8 Å². The van der Waals surface area contributed by atoms with Crippen LogP contribution in [0.15, 0.2) is 11.3 Å². The highest BCUT2D eigenvalue weighted by Gasteiger charge is 2.26. The van der Waals surface area contributed by atoms with E-state index in [0.29, 0.717) is 31.6 Å². The molecule has 0 radical (unpaired) electrons. The van der Waals surface area contributed by atoms with Gasteiger partial charge in [-0.15, -0.1) is 0 Å². The first kappa shape index (κ1) is 16.3. The fourth-order valence-electron chi connectivity index (χ4n) is 2.06. The maximum absolute atomic E-state index is 11.9. The molecule has 6 heteroatoms. The van der Waals surface area contributed by atoms with Crippen molar-refractivity contribution in [1.29, 1.82) is 0 Å². The van der Waals surface area contributed by atoms with Gasteiger partial charge < -0.3 is 19.7 Å². The SMILES string of the molecule is CNC(C(=O)OC)=C1CCN(C(=O)OC(C)(C)C)CC1. The van der Waals surface area contributed by atoms with Gasteiger partial charge in [0.05, 0.1) is 7.11 Å². The molecule has 114 valence electrons. The fraction of sp³-hybridized carbons (Fsp3) is 0.714. The summed E-state index contributed by atoms with van der Waals surface area (Å²) >= 11 is 0. The molecule has 1 amide bonds. The lowest BCUT2D eigenvalue weighted by Crippen LogP contribution is -2.41. The second-order valence-corrected chi connectivity index (χ2v) is 5.69. The van der Waals surface area contributed by atoms with Gasteiger partial charge in [0.25, 0.3) is 0 Å². The van der Waals surface area contributed by atoms with Gasteiger partial charge in [0.15, 0.2) is 0 Å². The first-order chi connectivity index (χ1) is 9.28. The van der Waals surface area contributed by atoms with Crippen molar-refractivity contribution < 1.29 is 19.1 Å². The summed E-state index contributed by atoms with van der Waals surface area (Å²) in [6, 6.07) is 0. The minimum Gasteiger partial charge on any atom is -0.464 e. The van der Waals surface area contributed by atoms with E-state index in [1.54, 1.807) is 11.9 Å². The second kappa shape index (κ2) is 6.63. The Balaban J connectivity index is 2.65. The van der Waals surface area contributed by atoms with Crippen LogP contribution in [0.2, 0.25) is 0 Å². The Morgan fingerprint density at radius 1 is 1.20 bits per heavy atom. The van der Waals surface area contributed by atoms with Crippen LogP contribution in [-0.4, -0.2) is 49.8 Å². The molecule has 0 aliphatic carbocycles. The van der Waals surface area contributed by atoms with Crippen molar-refractivity contribution in [3.05, 3.63) is 11.3 Å². The van der Waals surface area contributed by atoms with Crippen molar-refractivity contribution >= 4 is 12.1 Å². The van der Waals surface area contributed by atoms with Gasteiger partial charge in [-0.1, -0.05) is 0 Å². The first-order valence-corrected chi connectivity index (χ1v) is 6.74. The molecule has 1 saturated heterocycles. The van der Waals surface area contributed by atoms with E-state index in [9.17, 15) is 9.59 Å². The number of methoxy groups -OCH3 is 1. The van der Waals surface area contributed by atoms with Crippen LogP contribution >= 0.6 is 0 Å². The molecule has 1 N–H and O–H groups in total. The number of likely N-dealkylation sites (tertiary alicyclic amines) is 1. The van der Waals surface area contributed by atoms with Gasteiger partial charge in [0.1, 0.15) is 11.3 Å². The Morgan fingerprint density at radius 3 is 2.15 bits per heavy atom. The van der Waals surface area contributed by atoms with Gasteiger partial charge in [-0.25, -0.2) is 9.59 Å². The number of esters is 1. The van der Waals surface area contributed by atoms with E-state index in [-0.39, 0.29) is 12.1 Å². The highest BCUT2D eigenvalue weighted by atomic mass is 16.6. The summed E-state index contributed by atoms with van der Waals surface area (Å²) in [6.07, 6.45) is 0.982. The van der Waals surface area contributed by atoms with Gasteiger partial charge in [-0.05, 0) is 39.2 Å². The van der Waals surface area contributed by atoms with E-state index in [0.717, 1.165) is 5.57 Å². The number of carbonyl (C=O) groups excluding carboxylic acids is 2. The highest BCUT2D eigenvalue weighted by Crippen LogP contribution is 2.21. The summed E-state index contributed by atoms with van der Waals surface area (Å²) in [5.41, 5.74) is 0.991. The van der Waals surface area contributed by atoms with Crippen LogP contribution in [0.5, 0.6) is 0 Å². The summed E-state index contributed by atoms with van der Waals surface area (Å²) < 4.78 is 10.1. The van der Waals surface area contributed by atoms with Crippen LogP contribution < -0.4 is 5.32 Å². The number of hydrogen-bond donors (Lipinski definition) is 1. The minimum absolute atomic E-state index is 0.305. The molecule has 0 bridgehead atoms. The molecule has 0 aromatic rings. The van der Waals surface area contributed by atoms with Crippen molar-refractivity contribution in [2.24, 2.45) is 0 Å². The molecule has 0 saturated carbocycles. The molecule has 0 spiro atoms. The van der Waals surface area contributed by atoms with Gasteiger partial charge in [-0.3, -0.25) is 0 Å². The zero-order valence-electron chi connectivity index (χ0n) is 12.9. The number of hydrogen-bond acceptors (Lipinski definition) is 5. The third kappa shape index (κ3) is 4.43. The monoisotopic (exact) mass is 284 g/mol. The number of ether oxygens (including phenoxy) is 2. The predicted molar refractivity (Wildman–Crippen MR) is 75.1 cm³/mol. The standard InChI is InChI=1S/C14H24N2O4/c1-14(2,3)20-13(18)16-8-6-10(7-9-16)11(15-4)12(17)19-5/h15H,6-9H2,1-5H3. The van der Waals surface area contributed by atoms with Crippen molar-refractivity contribution in [2.45, 2.75) is 39.2 Å². The van der Waals surface area contributed by atoms with Gasteiger partial charge in [0.2, 0.25) is 0 Å². The van der Waals surface area contributed by atoms with E-state index >= 15 is 0 Å². The molecule has 6 nitrogen and oxygen atoms in total. The van der Waals surface area contributed by atoms with Crippen LogP contribution in [0, 0.1) is 0 Å². The van der Waals surface area contributed by atoms with Crippen molar-refractivity contribution in [3.8, 4) is 0 Å². The molecule has 1 heterocycles. The zero-order valence-corrected chi connectivity index (χ0v) is 12.9. The van der Waals surface area contributed by atoms with E-state index in [2.05, 4.69) is 5.32 Å². The molecular weight excluding hydrogens is 260 g/mol. The maximum Gasteiger partial charge on any atom is 0.410 e. The third-order valence-electron chi connectivity index (χ3n) is 3.01. The number of amides is 1. The van der Waals surface area contributed by atoms with Crippen LogP contribution in [0.1, 0.15) is 33.6 Å². The van der Waals surface area contributed by atoms with Crippen LogP contribution in [0.25, 0.3) is 0 Å². The number of rotatable bonds is 2. The van der Waals surface area contributed by atoms with Gasteiger partial charge >= 0.3 is 12.1 Å². The van der Waals surface area contributed by atoms with E-state index in [1.165, 1.54) is 7.11 Å². The first-order valence-electron chi connectivity index (χ1n) is 6.74. The van der Waals surface area contributed by atoms with Crippen LogP contribution in [0.4, 0.5) is 4.79 Å². The largest absolute Gasteiger partial charge is 0.464 e. The lowest BCUT2D eigenvalue weighted by molar-refractivity contribution is -0.136. The maximum atomic E-state index is 11.9. The Hall–Kier alpha value is -1.72. The quantitative estimate of drug-likeness (QED) is 0.617. The number of likely N-dealkylation sites (N-methyl/N-ethyl adjacent to an activating group) is 1. The average Bonchev–Trinajstić information content (AvgIpc) is 2.38. The molecule has 0 atom stereocenters. The summed E-state index contributed by atoms with van der Waals surface area (Å²) in [4.78, 5) is 25.2. The third-order valence-corrected chi connectivity index (χ3v) is 3.01. The lowest BCUT2D eigenvalue weighted by Gasteiger charge is -2.31. The average molecular weight is 284 g/mol. The van der Waals surface area contributed by atoms with E-state index < -0.39 is 5.60 Å². The lowest BCUT2D eigenvalue weighted by atomic mass is 10.0. The number of carbonyl (C=O) groups is 2. The topological polar surface area (TPSA) is 67.9 Å².